The minimum atomic E-state index is -0.701. The molecule has 1 aliphatic rings. The van der Waals surface area contributed by atoms with Crippen LogP contribution in [0.25, 0.3) is 21.7 Å². The summed E-state index contributed by atoms with van der Waals surface area (Å²) in [7, 11) is 0. The minimum Gasteiger partial charge on any atom is -0.390 e. The Labute approximate surface area is 197 Å². The number of nitrogens with zero attached hydrogens (tertiary/aromatic N) is 3. The van der Waals surface area contributed by atoms with Crippen LogP contribution in [0.1, 0.15) is 67.5 Å². The summed E-state index contributed by atoms with van der Waals surface area (Å²) in [4.78, 5) is 41.2. The zero-order chi connectivity index (χ0) is 24.0. The van der Waals surface area contributed by atoms with Crippen LogP contribution in [0.5, 0.6) is 0 Å². The first-order valence-corrected chi connectivity index (χ1v) is 12.0. The second-order valence-corrected chi connectivity index (χ2v) is 11.3. The largest absolute Gasteiger partial charge is 0.390 e. The maximum atomic E-state index is 12.9. The summed E-state index contributed by atoms with van der Waals surface area (Å²) >= 11 is 1.36. The van der Waals surface area contributed by atoms with Crippen LogP contribution in [0.4, 0.5) is 0 Å². The molecule has 4 rings (SSSR count). The van der Waals surface area contributed by atoms with E-state index in [1.165, 1.54) is 11.3 Å². The predicted octanol–water partition coefficient (Wildman–Crippen LogP) is 3.84. The van der Waals surface area contributed by atoms with Gasteiger partial charge >= 0.3 is 0 Å². The predicted molar refractivity (Wildman–Crippen MR) is 129 cm³/mol. The summed E-state index contributed by atoms with van der Waals surface area (Å²) in [6, 6.07) is 3.65. The number of aliphatic hydroxyl groups is 1. The zero-order valence-electron chi connectivity index (χ0n) is 19.7. The van der Waals surface area contributed by atoms with Crippen LogP contribution in [0.15, 0.2) is 24.5 Å². The summed E-state index contributed by atoms with van der Waals surface area (Å²) in [5, 5.41) is 13.2. The Morgan fingerprint density at radius 1 is 1.27 bits per heavy atom. The molecular formula is C24H31N5O3S. The van der Waals surface area contributed by atoms with E-state index in [0.29, 0.717) is 53.2 Å². The van der Waals surface area contributed by atoms with Gasteiger partial charge in [-0.2, -0.15) is 0 Å². The first-order valence-electron chi connectivity index (χ1n) is 11.2. The molecule has 4 heterocycles. The van der Waals surface area contributed by atoms with Crippen LogP contribution in [0.2, 0.25) is 0 Å². The number of aromatic amines is 1. The highest BCUT2D eigenvalue weighted by molar-refractivity contribution is 7.17. The quantitative estimate of drug-likeness (QED) is 0.538. The molecule has 0 spiro atoms. The fourth-order valence-corrected chi connectivity index (χ4v) is 4.54. The van der Waals surface area contributed by atoms with E-state index in [2.05, 4.69) is 36.1 Å². The van der Waals surface area contributed by atoms with Crippen molar-refractivity contribution in [1.82, 2.24) is 25.2 Å². The Balaban J connectivity index is 1.55. The van der Waals surface area contributed by atoms with Gasteiger partial charge < -0.3 is 20.3 Å². The molecule has 0 aliphatic carbocycles. The molecule has 33 heavy (non-hydrogen) atoms. The third-order valence-electron chi connectivity index (χ3n) is 6.47. The van der Waals surface area contributed by atoms with Gasteiger partial charge in [-0.3, -0.25) is 9.59 Å². The topological polar surface area (TPSA) is 111 Å². The van der Waals surface area contributed by atoms with Crippen LogP contribution >= 0.6 is 11.3 Å². The second kappa shape index (κ2) is 8.53. The lowest BCUT2D eigenvalue weighted by Crippen LogP contribution is -2.44. The number of nitrogens with one attached hydrogen (secondary N) is 2. The monoisotopic (exact) mass is 469 g/mol. The zero-order valence-corrected chi connectivity index (χ0v) is 20.5. The average Bonchev–Trinajstić information content (AvgIpc) is 3.39. The van der Waals surface area contributed by atoms with Gasteiger partial charge in [0.15, 0.2) is 5.65 Å². The maximum Gasteiger partial charge on any atom is 0.263 e. The van der Waals surface area contributed by atoms with Crippen molar-refractivity contribution >= 4 is 34.3 Å². The van der Waals surface area contributed by atoms with Gasteiger partial charge in [-0.05, 0) is 44.2 Å². The van der Waals surface area contributed by atoms with Crippen molar-refractivity contribution < 1.29 is 14.7 Å². The van der Waals surface area contributed by atoms with Gasteiger partial charge in [-0.25, -0.2) is 9.97 Å². The van der Waals surface area contributed by atoms with Crippen molar-refractivity contribution in [3.63, 3.8) is 0 Å². The fourth-order valence-electron chi connectivity index (χ4n) is 3.61. The SMILES string of the molecule is CC(NC(=O)c1c[nH]c2ncc(-c3ccc(C(=O)N4CCC(C)(O)CC4)s3)nc12)C(C)(C)C. The van der Waals surface area contributed by atoms with E-state index >= 15 is 0 Å². The molecular weight excluding hydrogens is 438 g/mol. The average molecular weight is 470 g/mol. The molecule has 1 atom stereocenters. The standard InChI is InChI=1S/C24H31N5O3S/c1-14(23(2,3)4)27-21(30)15-12-25-20-19(15)28-16(13-26-20)17-6-7-18(33-17)22(31)29-10-8-24(5,32)9-11-29/h6-7,12-14,32H,8-11H2,1-5H3,(H,25,26)(H,27,30). The Kier molecular flexibility index (Phi) is 6.05. The lowest BCUT2D eigenvalue weighted by Gasteiger charge is -2.35. The number of amides is 2. The van der Waals surface area contributed by atoms with Crippen molar-refractivity contribution in [3.05, 3.63) is 35.0 Å². The Hall–Kier alpha value is -2.78. The van der Waals surface area contributed by atoms with Crippen molar-refractivity contribution in [2.24, 2.45) is 5.41 Å². The molecule has 1 saturated heterocycles. The van der Waals surface area contributed by atoms with Gasteiger partial charge in [0.1, 0.15) is 5.52 Å². The lowest BCUT2D eigenvalue weighted by atomic mass is 9.88. The van der Waals surface area contributed by atoms with Crippen molar-refractivity contribution in [2.45, 2.75) is 59.1 Å². The maximum absolute atomic E-state index is 12.9. The van der Waals surface area contributed by atoms with Crippen LogP contribution in [0.3, 0.4) is 0 Å². The van der Waals surface area contributed by atoms with Gasteiger partial charge in [0, 0.05) is 25.3 Å². The summed E-state index contributed by atoms with van der Waals surface area (Å²) in [6.45, 7) is 11.1. The van der Waals surface area contributed by atoms with E-state index in [9.17, 15) is 14.7 Å². The molecule has 0 radical (unpaired) electrons. The number of carbonyl (C=O) groups excluding carboxylic acids is 2. The molecule has 176 valence electrons. The second-order valence-electron chi connectivity index (χ2n) is 10.2. The third kappa shape index (κ3) is 4.94. The first kappa shape index (κ1) is 23.4. The first-order chi connectivity index (χ1) is 15.4. The molecule has 1 aliphatic heterocycles. The van der Waals surface area contributed by atoms with Crippen LogP contribution in [-0.4, -0.2) is 61.5 Å². The molecule has 0 saturated carbocycles. The van der Waals surface area contributed by atoms with E-state index in [1.54, 1.807) is 23.4 Å². The highest BCUT2D eigenvalue weighted by Gasteiger charge is 2.30. The highest BCUT2D eigenvalue weighted by atomic mass is 32.1. The molecule has 8 nitrogen and oxygen atoms in total. The van der Waals surface area contributed by atoms with Crippen molar-refractivity contribution in [3.8, 4) is 10.6 Å². The molecule has 3 N–H and O–H groups in total. The van der Waals surface area contributed by atoms with Crippen molar-refractivity contribution in [1.29, 1.82) is 0 Å². The Bertz CT molecular complexity index is 1180. The molecule has 0 bridgehead atoms. The number of rotatable bonds is 4. The molecule has 1 fully saturated rings. The van der Waals surface area contributed by atoms with Gasteiger partial charge in [0.2, 0.25) is 0 Å². The molecule has 1 unspecified atom stereocenters. The normalized spacial score (nSPS) is 17.2. The number of fused-ring (bicyclic) bond motifs is 1. The van der Waals surface area contributed by atoms with E-state index in [0.717, 1.165) is 4.88 Å². The summed E-state index contributed by atoms with van der Waals surface area (Å²) in [5.41, 5.74) is 1.34. The number of carbonyl (C=O) groups is 2. The third-order valence-corrected chi connectivity index (χ3v) is 7.56. The van der Waals surface area contributed by atoms with E-state index in [1.807, 2.05) is 19.9 Å². The minimum absolute atomic E-state index is 0.0181. The van der Waals surface area contributed by atoms with Gasteiger partial charge in [0.05, 0.1) is 32.8 Å². The number of H-pyrrole nitrogens is 1. The number of thiophene rings is 1. The summed E-state index contributed by atoms with van der Waals surface area (Å²) in [5.74, 6) is -0.230. The number of hydrogen-bond acceptors (Lipinski definition) is 6. The number of likely N-dealkylation sites (tertiary alicyclic amines) is 1. The van der Waals surface area contributed by atoms with E-state index < -0.39 is 5.60 Å². The molecule has 2 amide bonds. The van der Waals surface area contributed by atoms with Crippen LogP contribution in [0, 0.1) is 5.41 Å². The molecule has 9 heteroatoms. The van der Waals surface area contributed by atoms with Crippen LogP contribution < -0.4 is 5.32 Å². The Morgan fingerprint density at radius 3 is 2.64 bits per heavy atom. The van der Waals surface area contributed by atoms with E-state index in [4.69, 9.17) is 4.98 Å². The lowest BCUT2D eigenvalue weighted by molar-refractivity contribution is -0.00189. The van der Waals surface area contributed by atoms with Crippen molar-refractivity contribution in [2.75, 3.05) is 13.1 Å². The number of hydrogen-bond donors (Lipinski definition) is 3. The van der Waals surface area contributed by atoms with Gasteiger partial charge in [-0.1, -0.05) is 20.8 Å². The van der Waals surface area contributed by atoms with Crippen LogP contribution in [-0.2, 0) is 0 Å². The molecule has 3 aromatic rings. The van der Waals surface area contributed by atoms with Gasteiger partial charge in [-0.15, -0.1) is 11.3 Å². The fraction of sp³-hybridized carbons (Fsp3) is 0.500. The highest BCUT2D eigenvalue weighted by Crippen LogP contribution is 2.30. The molecule has 0 aromatic carbocycles. The van der Waals surface area contributed by atoms with Gasteiger partial charge in [0.25, 0.3) is 11.8 Å². The number of aromatic nitrogens is 3. The smallest absolute Gasteiger partial charge is 0.263 e. The molecule has 3 aromatic heterocycles. The Morgan fingerprint density at radius 2 is 1.97 bits per heavy atom. The number of piperidine rings is 1. The summed E-state index contributed by atoms with van der Waals surface area (Å²) in [6.07, 6.45) is 4.43. The summed E-state index contributed by atoms with van der Waals surface area (Å²) < 4.78 is 0. The van der Waals surface area contributed by atoms with E-state index in [-0.39, 0.29) is 23.3 Å².